The zero-order chi connectivity index (χ0) is 62.6. The summed E-state index contributed by atoms with van der Waals surface area (Å²) in [6.07, 6.45) is 50.2. The van der Waals surface area contributed by atoms with Gasteiger partial charge in [-0.05, 0) is 103 Å². The number of carbonyl (C=O) groups excluding carboxylic acids is 4. The number of carbonyl (C=O) groups is 4. The van der Waals surface area contributed by atoms with Gasteiger partial charge in [-0.1, -0.05) is 211 Å². The van der Waals surface area contributed by atoms with Gasteiger partial charge in [0.15, 0.2) is 12.7 Å². The number of ether oxygens (including phenoxy) is 4. The quantitative estimate of drug-likeness (QED) is 0.00748. The standard InChI is InChI=1S/C65H118O18P2/c1-5-9-13-17-21-25-29-33-37-41-45-49-53-64(70)81-65(58-76-62(68)51-47-43-39-35-31-27-23-19-15-11-7-3)82-83-85(73,74)78-55-59(66)54-77-84(71,72)79-57-60(80-63(69)52-48-44-40-36-32-28-24-20-16-12-8-4)56-75-61(67)50-46-42-38-34-30-26-22-18-14-10-6-2/h17-24,59-60,65-66H,5-16,25-58H2,1-4H3,(H,71,72)(H,73,74)/b21-17-,22-18-,23-19-,24-20-/t59?,60-,65+/m1/s1. The average Bonchev–Trinajstić information content (AvgIpc) is 3.51. The summed E-state index contributed by atoms with van der Waals surface area (Å²) in [5.74, 6) is -2.42. The zero-order valence-electron chi connectivity index (χ0n) is 53.2. The number of unbranched alkanes of at least 4 members (excludes halogenated alkanes) is 29. The van der Waals surface area contributed by atoms with E-state index in [2.05, 4.69) is 81.0 Å². The van der Waals surface area contributed by atoms with Crippen molar-refractivity contribution in [3.63, 3.8) is 0 Å². The van der Waals surface area contributed by atoms with Gasteiger partial charge in [0.05, 0.1) is 19.8 Å². The highest BCUT2D eigenvalue weighted by atomic mass is 31.2. The summed E-state index contributed by atoms with van der Waals surface area (Å²) >= 11 is 0. The Bertz CT molecular complexity index is 1820. The predicted octanol–water partition coefficient (Wildman–Crippen LogP) is 17.7. The van der Waals surface area contributed by atoms with Gasteiger partial charge in [-0.3, -0.25) is 32.7 Å². The lowest BCUT2D eigenvalue weighted by Crippen LogP contribution is -2.30. The summed E-state index contributed by atoms with van der Waals surface area (Å²) in [6.45, 7) is 4.97. The van der Waals surface area contributed by atoms with Crippen LogP contribution >= 0.6 is 15.6 Å². The molecule has 85 heavy (non-hydrogen) atoms. The molecular formula is C65H118O18P2. The van der Waals surface area contributed by atoms with Crippen molar-refractivity contribution >= 4 is 39.5 Å². The first-order valence-corrected chi connectivity index (χ1v) is 36.1. The zero-order valence-corrected chi connectivity index (χ0v) is 55.0. The lowest BCUT2D eigenvalue weighted by Gasteiger charge is -2.21. The summed E-state index contributed by atoms with van der Waals surface area (Å²) in [4.78, 5) is 76.9. The molecule has 0 saturated carbocycles. The van der Waals surface area contributed by atoms with E-state index in [1.165, 1.54) is 51.4 Å². The highest BCUT2D eigenvalue weighted by Gasteiger charge is 2.31. The summed E-state index contributed by atoms with van der Waals surface area (Å²) in [6, 6.07) is 0. The Morgan fingerprint density at radius 1 is 0.353 bits per heavy atom. The highest BCUT2D eigenvalue weighted by molar-refractivity contribution is 7.47. The number of allylic oxidation sites excluding steroid dienone is 8. The van der Waals surface area contributed by atoms with E-state index in [1.54, 1.807) is 0 Å². The van der Waals surface area contributed by atoms with Gasteiger partial charge < -0.3 is 33.8 Å². The van der Waals surface area contributed by atoms with Crippen LogP contribution < -0.4 is 0 Å². The maximum Gasteiger partial charge on any atom is 0.499 e. The summed E-state index contributed by atoms with van der Waals surface area (Å²) in [7, 11) is -10.2. The van der Waals surface area contributed by atoms with Crippen molar-refractivity contribution in [2.24, 2.45) is 0 Å². The van der Waals surface area contributed by atoms with E-state index in [0.717, 1.165) is 161 Å². The van der Waals surface area contributed by atoms with Crippen molar-refractivity contribution in [2.45, 2.75) is 309 Å². The number of esters is 4. The highest BCUT2D eigenvalue weighted by Crippen LogP contribution is 2.45. The van der Waals surface area contributed by atoms with Gasteiger partial charge in [-0.15, -0.1) is 4.67 Å². The molecule has 0 aliphatic rings. The van der Waals surface area contributed by atoms with Crippen LogP contribution in [0.4, 0.5) is 0 Å². The first-order chi connectivity index (χ1) is 41.2. The van der Waals surface area contributed by atoms with Gasteiger partial charge in [0.2, 0.25) is 0 Å². The van der Waals surface area contributed by atoms with E-state index in [-0.39, 0.29) is 25.7 Å². The summed E-state index contributed by atoms with van der Waals surface area (Å²) in [5.41, 5.74) is 0. The van der Waals surface area contributed by atoms with Crippen LogP contribution in [0, 0.1) is 0 Å². The van der Waals surface area contributed by atoms with E-state index in [0.29, 0.717) is 25.7 Å². The molecule has 0 aliphatic heterocycles. The fourth-order valence-corrected chi connectivity index (χ4v) is 9.94. The maximum atomic E-state index is 12.9. The second-order valence-corrected chi connectivity index (χ2v) is 24.9. The molecule has 0 bridgehead atoms. The van der Waals surface area contributed by atoms with E-state index in [9.17, 15) is 43.2 Å². The predicted molar refractivity (Wildman–Crippen MR) is 336 cm³/mol. The average molecular weight is 1250 g/mol. The molecular weight excluding hydrogens is 1130 g/mol. The Hall–Kier alpha value is -3.02. The number of phosphoric ester groups is 2. The summed E-state index contributed by atoms with van der Waals surface area (Å²) < 4.78 is 66.8. The molecule has 3 N–H and O–H groups in total. The molecule has 0 aromatic heterocycles. The monoisotopic (exact) mass is 1250 g/mol. The molecule has 0 aromatic carbocycles. The van der Waals surface area contributed by atoms with Crippen LogP contribution in [0.3, 0.4) is 0 Å². The molecule has 0 spiro atoms. The van der Waals surface area contributed by atoms with Crippen molar-refractivity contribution in [1.82, 2.24) is 0 Å². The van der Waals surface area contributed by atoms with E-state index in [4.69, 9.17) is 37.4 Å². The minimum atomic E-state index is -5.18. The number of hydrogen-bond acceptors (Lipinski definition) is 16. The minimum absolute atomic E-state index is 0.00980. The number of aliphatic hydroxyl groups excluding tert-OH is 1. The SMILES string of the molecule is CCCC/C=C\CCCCCCCCC(=O)O[C@H](COC(=O)CCCCCCC/C=C\CCCC)OOP(=O)(O)OCC(O)COP(=O)(O)OC[C@@H](COC(=O)CCCCCCC/C=C\CCCC)OC(=O)CCCCCCC/C=C\CCCC. The van der Waals surface area contributed by atoms with Gasteiger partial charge in [0, 0.05) is 25.7 Å². The lowest BCUT2D eigenvalue weighted by atomic mass is 10.1. The Labute approximate surface area is 513 Å². The molecule has 0 aliphatic carbocycles. The van der Waals surface area contributed by atoms with Crippen LogP contribution in [-0.4, -0.2) is 90.3 Å². The Balaban J connectivity index is 5.30. The third kappa shape index (κ3) is 59.7. The normalized spacial score (nSPS) is 14.5. The fourth-order valence-electron chi connectivity index (χ4n) is 8.54. The Kier molecular flexibility index (Phi) is 57.8. The number of hydrogen-bond donors (Lipinski definition) is 3. The molecule has 0 saturated heterocycles. The van der Waals surface area contributed by atoms with Crippen LogP contribution in [0.1, 0.15) is 291 Å². The second-order valence-electron chi connectivity index (χ2n) is 22.1. The third-order valence-corrected chi connectivity index (χ3v) is 15.4. The van der Waals surface area contributed by atoms with Gasteiger partial charge in [0.25, 0.3) is 6.29 Å². The molecule has 18 nitrogen and oxygen atoms in total. The van der Waals surface area contributed by atoms with Gasteiger partial charge in [-0.2, -0.15) is 4.89 Å². The first-order valence-electron chi connectivity index (χ1n) is 33.1. The molecule has 3 unspecified atom stereocenters. The van der Waals surface area contributed by atoms with Gasteiger partial charge in [-0.25, -0.2) is 9.13 Å². The van der Waals surface area contributed by atoms with Crippen LogP contribution in [0.15, 0.2) is 48.6 Å². The van der Waals surface area contributed by atoms with E-state index in [1.807, 2.05) is 0 Å². The van der Waals surface area contributed by atoms with Crippen LogP contribution in [0.5, 0.6) is 0 Å². The van der Waals surface area contributed by atoms with Gasteiger partial charge >= 0.3 is 39.5 Å². The maximum absolute atomic E-state index is 12.9. The van der Waals surface area contributed by atoms with Crippen molar-refractivity contribution < 1.29 is 85.3 Å². The molecule has 0 fully saturated rings. The van der Waals surface area contributed by atoms with Crippen molar-refractivity contribution in [2.75, 3.05) is 33.0 Å². The molecule has 0 rings (SSSR count). The van der Waals surface area contributed by atoms with Gasteiger partial charge in [0.1, 0.15) is 12.7 Å². The smallest absolute Gasteiger partial charge is 0.462 e. The van der Waals surface area contributed by atoms with Crippen LogP contribution in [-0.2, 0) is 70.4 Å². The largest absolute Gasteiger partial charge is 0.499 e. The molecule has 0 amide bonds. The molecule has 0 heterocycles. The van der Waals surface area contributed by atoms with Crippen molar-refractivity contribution in [3.05, 3.63) is 48.6 Å². The lowest BCUT2D eigenvalue weighted by molar-refractivity contribution is -0.327. The molecule has 496 valence electrons. The van der Waals surface area contributed by atoms with Crippen molar-refractivity contribution in [1.29, 1.82) is 0 Å². The van der Waals surface area contributed by atoms with E-state index < -0.39 is 91.1 Å². The number of phosphoric acid groups is 2. The number of rotatable bonds is 63. The molecule has 20 heteroatoms. The Morgan fingerprint density at radius 3 is 1.02 bits per heavy atom. The topological polar surface area (TPSA) is 246 Å². The number of aliphatic hydroxyl groups is 1. The van der Waals surface area contributed by atoms with E-state index >= 15 is 0 Å². The second kappa shape index (κ2) is 59.9. The van der Waals surface area contributed by atoms with Crippen LogP contribution in [0.2, 0.25) is 0 Å². The minimum Gasteiger partial charge on any atom is -0.462 e. The fraction of sp³-hybridized carbons (Fsp3) is 0.815. The summed E-state index contributed by atoms with van der Waals surface area (Å²) in [5, 5.41) is 10.5. The van der Waals surface area contributed by atoms with Crippen molar-refractivity contribution in [3.8, 4) is 0 Å². The first kappa shape index (κ1) is 82.0. The molecule has 0 radical (unpaired) electrons. The van der Waals surface area contributed by atoms with Crippen LogP contribution in [0.25, 0.3) is 0 Å². The molecule has 0 aromatic rings. The third-order valence-electron chi connectivity index (χ3n) is 13.7. The Morgan fingerprint density at radius 2 is 0.647 bits per heavy atom. The molecule has 5 atom stereocenters.